The minimum atomic E-state index is -4.64. The molecule has 0 N–H and O–H groups in total. The molecule has 2 aromatic carbocycles. The number of nitrogens with zero attached hydrogens (tertiary/aromatic N) is 2. The van der Waals surface area contributed by atoms with E-state index in [0.29, 0.717) is 35.9 Å². The first-order chi connectivity index (χ1) is 16.2. The summed E-state index contributed by atoms with van der Waals surface area (Å²) in [5, 5.41) is -0.0902. The molecule has 35 heavy (non-hydrogen) atoms. The van der Waals surface area contributed by atoms with Crippen LogP contribution in [0.1, 0.15) is 58.1 Å². The number of fused-ring (bicyclic) bond motifs is 1. The van der Waals surface area contributed by atoms with Crippen molar-refractivity contribution in [2.45, 2.75) is 64.9 Å². The number of sulfonamides is 1. The van der Waals surface area contributed by atoms with E-state index < -0.39 is 32.8 Å². The fourth-order valence-electron chi connectivity index (χ4n) is 4.40. The Morgan fingerprint density at radius 3 is 2.31 bits per heavy atom. The van der Waals surface area contributed by atoms with Gasteiger partial charge >= 0.3 is 6.18 Å². The molecule has 0 spiro atoms. The van der Waals surface area contributed by atoms with E-state index in [2.05, 4.69) is 4.40 Å². The van der Waals surface area contributed by atoms with E-state index in [1.54, 1.807) is 13.1 Å². The Hall–Kier alpha value is -2.68. The third kappa shape index (κ3) is 5.15. The normalized spacial score (nSPS) is 16.1. The quantitative estimate of drug-likeness (QED) is 0.270. The molecule has 0 saturated heterocycles. The van der Waals surface area contributed by atoms with Crippen LogP contribution in [0.4, 0.5) is 17.6 Å². The van der Waals surface area contributed by atoms with Crippen molar-refractivity contribution in [1.82, 2.24) is 4.57 Å². The first-order valence-electron chi connectivity index (χ1n) is 11.5. The van der Waals surface area contributed by atoms with Crippen molar-refractivity contribution in [3.8, 4) is 11.1 Å². The van der Waals surface area contributed by atoms with E-state index in [1.807, 2.05) is 25.3 Å². The van der Waals surface area contributed by atoms with E-state index in [4.69, 9.17) is 0 Å². The van der Waals surface area contributed by atoms with Crippen LogP contribution < -0.4 is 0 Å². The van der Waals surface area contributed by atoms with Gasteiger partial charge in [-0.15, -0.1) is 0 Å². The number of alkyl halides is 3. The van der Waals surface area contributed by atoms with Crippen molar-refractivity contribution in [3.63, 3.8) is 0 Å². The molecule has 0 bridgehead atoms. The Bertz CT molecular complexity index is 1410. The third-order valence-corrected chi connectivity index (χ3v) is 8.11. The molecule has 1 aliphatic carbocycles. The van der Waals surface area contributed by atoms with Crippen LogP contribution in [0.25, 0.3) is 22.0 Å². The van der Waals surface area contributed by atoms with Gasteiger partial charge in [0.1, 0.15) is 5.82 Å². The summed E-state index contributed by atoms with van der Waals surface area (Å²) in [6.45, 7) is 8.06. The van der Waals surface area contributed by atoms with Gasteiger partial charge in [0.15, 0.2) is 0 Å². The molecule has 4 nitrogen and oxygen atoms in total. The van der Waals surface area contributed by atoms with E-state index in [-0.39, 0.29) is 22.3 Å². The third-order valence-electron chi connectivity index (χ3n) is 6.26. The number of benzene rings is 2. The van der Waals surface area contributed by atoms with Gasteiger partial charge in [-0.25, -0.2) is 12.8 Å². The maximum absolute atomic E-state index is 15.4. The topological polar surface area (TPSA) is 51.4 Å². The fourth-order valence-corrected chi connectivity index (χ4v) is 5.95. The molecule has 0 unspecified atom stereocenters. The molecule has 188 valence electrons. The highest BCUT2D eigenvalue weighted by Gasteiger charge is 2.34. The van der Waals surface area contributed by atoms with Crippen molar-refractivity contribution in [3.05, 3.63) is 59.5 Å². The van der Waals surface area contributed by atoms with Gasteiger partial charge in [0.2, 0.25) is 0 Å². The van der Waals surface area contributed by atoms with Crippen LogP contribution >= 0.6 is 0 Å². The summed E-state index contributed by atoms with van der Waals surface area (Å²) in [5.41, 5.74) is -0.343. The lowest BCUT2D eigenvalue weighted by molar-refractivity contribution is -0.137. The molecule has 0 radical (unpaired) electrons. The van der Waals surface area contributed by atoms with Crippen LogP contribution in [0.5, 0.6) is 0 Å². The van der Waals surface area contributed by atoms with Crippen LogP contribution in [-0.2, 0) is 22.7 Å². The molecule has 1 aromatic heterocycles. The molecule has 1 heterocycles. The van der Waals surface area contributed by atoms with Crippen LogP contribution in [0.15, 0.2) is 47.0 Å². The maximum atomic E-state index is 15.4. The average molecular weight is 509 g/mol. The zero-order chi connectivity index (χ0) is 25.8. The van der Waals surface area contributed by atoms with Gasteiger partial charge in [-0.3, -0.25) is 0 Å². The number of hydrogen-bond acceptors (Lipinski definition) is 2. The first kappa shape index (κ1) is 25.4. The lowest BCUT2D eigenvalue weighted by atomic mass is 9.96. The van der Waals surface area contributed by atoms with E-state index in [1.165, 1.54) is 30.3 Å². The largest absolute Gasteiger partial charge is 0.417 e. The van der Waals surface area contributed by atoms with Crippen molar-refractivity contribution in [1.29, 1.82) is 0 Å². The zero-order valence-electron chi connectivity index (χ0n) is 20.1. The first-order valence-corrected chi connectivity index (χ1v) is 13.0. The van der Waals surface area contributed by atoms with Gasteiger partial charge in [-0.1, -0.05) is 45.4 Å². The Morgan fingerprint density at radius 1 is 1.09 bits per heavy atom. The molecule has 3 aromatic rings. The summed E-state index contributed by atoms with van der Waals surface area (Å²) in [6, 6.07) is 7.49. The van der Waals surface area contributed by atoms with Crippen LogP contribution in [-0.4, -0.2) is 23.9 Å². The minimum Gasteiger partial charge on any atom is -0.346 e. The van der Waals surface area contributed by atoms with Gasteiger partial charge in [0.05, 0.1) is 16.5 Å². The molecule has 0 atom stereocenters. The fraction of sp³-hybridized carbons (Fsp3) is 0.423. The van der Waals surface area contributed by atoms with Gasteiger partial charge < -0.3 is 4.57 Å². The highest BCUT2D eigenvalue weighted by atomic mass is 32.2. The molecular weight excluding hydrogens is 480 g/mol. The monoisotopic (exact) mass is 508 g/mol. The van der Waals surface area contributed by atoms with Crippen LogP contribution in [0, 0.1) is 11.2 Å². The Balaban J connectivity index is 1.93. The zero-order valence-corrected chi connectivity index (χ0v) is 20.9. The summed E-state index contributed by atoms with van der Waals surface area (Å²) in [6.07, 6.45) is -0.945. The molecule has 0 aliphatic heterocycles. The van der Waals surface area contributed by atoms with E-state index in [9.17, 15) is 21.6 Å². The Morgan fingerprint density at radius 2 is 1.74 bits per heavy atom. The average Bonchev–Trinajstić information content (AvgIpc) is 3.00. The Kier molecular flexibility index (Phi) is 6.36. The van der Waals surface area contributed by atoms with Gasteiger partial charge in [-0.2, -0.15) is 17.6 Å². The van der Waals surface area contributed by atoms with Crippen molar-refractivity contribution in [2.75, 3.05) is 0 Å². The second kappa shape index (κ2) is 8.76. The van der Waals surface area contributed by atoms with Crippen molar-refractivity contribution < 1.29 is 26.0 Å². The summed E-state index contributed by atoms with van der Waals surface area (Å²) in [7, 11) is -3.69. The lowest BCUT2D eigenvalue weighted by Gasteiger charge is -2.22. The maximum Gasteiger partial charge on any atom is 0.417 e. The SMILES string of the molecule is C/C(=N\S(=O)(=O)C1CCC1)c1cn(CC(C)(C)C)c2cc(-c3ccccc3C(F)(F)F)c(F)cc12. The molecular formula is C26H28F4N2O2S. The standard InChI is InChI=1S/C26H28F4N2O2S/c1-16(31-35(33,34)17-8-7-9-17)21-14-32(15-25(2,3)4)24-13-19(23(27)12-20(21)24)18-10-5-6-11-22(18)26(28,29)30/h5-6,10-14,17H,7-9,15H2,1-4H3/b31-16+. The second-order valence-corrected chi connectivity index (χ2v) is 12.2. The molecule has 1 saturated carbocycles. The Labute approximate surface area is 202 Å². The number of rotatable bonds is 5. The highest BCUT2D eigenvalue weighted by Crippen LogP contribution is 2.40. The highest BCUT2D eigenvalue weighted by molar-refractivity contribution is 7.91. The molecule has 1 aliphatic rings. The lowest BCUT2D eigenvalue weighted by Crippen LogP contribution is -2.27. The predicted octanol–water partition coefficient (Wildman–Crippen LogP) is 7.20. The number of aromatic nitrogens is 1. The molecule has 4 rings (SSSR count). The van der Waals surface area contributed by atoms with Gasteiger partial charge in [0, 0.05) is 34.8 Å². The number of halogens is 4. The summed E-state index contributed by atoms with van der Waals surface area (Å²) in [4.78, 5) is 0. The van der Waals surface area contributed by atoms with E-state index >= 15 is 4.39 Å². The van der Waals surface area contributed by atoms with Gasteiger partial charge in [-0.05, 0) is 48.9 Å². The summed E-state index contributed by atoms with van der Waals surface area (Å²) >= 11 is 0. The van der Waals surface area contributed by atoms with Crippen LogP contribution in [0.3, 0.4) is 0 Å². The molecule has 1 fully saturated rings. The van der Waals surface area contributed by atoms with E-state index in [0.717, 1.165) is 12.5 Å². The second-order valence-electron chi connectivity index (χ2n) is 10.4. The van der Waals surface area contributed by atoms with Crippen LogP contribution in [0.2, 0.25) is 0 Å². The summed E-state index contributed by atoms with van der Waals surface area (Å²) < 4.78 is 87.4. The van der Waals surface area contributed by atoms with Gasteiger partial charge in [0.25, 0.3) is 10.0 Å². The number of hydrogen-bond donors (Lipinski definition) is 0. The minimum absolute atomic E-state index is 0.165. The van der Waals surface area contributed by atoms with Crippen molar-refractivity contribution in [2.24, 2.45) is 9.81 Å². The smallest absolute Gasteiger partial charge is 0.346 e. The summed E-state index contributed by atoms with van der Waals surface area (Å²) in [5.74, 6) is -0.821. The molecule has 9 heteroatoms. The molecule has 0 amide bonds. The predicted molar refractivity (Wildman–Crippen MR) is 131 cm³/mol. The van der Waals surface area contributed by atoms with Crippen molar-refractivity contribution >= 4 is 26.6 Å².